The maximum atomic E-state index is 11.9. The molecule has 6 heteroatoms. The molecule has 0 aliphatic carbocycles. The van der Waals surface area contributed by atoms with Crippen LogP contribution in [-0.2, 0) is 11.8 Å². The van der Waals surface area contributed by atoms with E-state index in [0.717, 1.165) is 25.9 Å². The number of carbonyl (C=O) groups excluding carboxylic acids is 1. The first-order chi connectivity index (χ1) is 10.5. The molecule has 0 saturated carbocycles. The summed E-state index contributed by atoms with van der Waals surface area (Å²) in [7, 11) is 1.93. The second-order valence-corrected chi connectivity index (χ2v) is 6.57. The van der Waals surface area contributed by atoms with Crippen molar-refractivity contribution >= 4 is 6.09 Å². The Morgan fingerprint density at radius 2 is 2.09 bits per heavy atom. The molecule has 1 aliphatic rings. The third-order valence-electron chi connectivity index (χ3n) is 4.00. The maximum Gasteiger partial charge on any atom is 0.409 e. The van der Waals surface area contributed by atoms with Crippen LogP contribution in [-0.4, -0.2) is 46.5 Å². The Kier molecular flexibility index (Phi) is 5.83. The first kappa shape index (κ1) is 16.8. The van der Waals surface area contributed by atoms with Gasteiger partial charge < -0.3 is 15.0 Å². The third kappa shape index (κ3) is 4.73. The van der Waals surface area contributed by atoms with Gasteiger partial charge in [0.2, 0.25) is 0 Å². The van der Waals surface area contributed by atoms with Gasteiger partial charge in [0.25, 0.3) is 0 Å². The number of nitrogens with one attached hydrogen (secondary N) is 1. The maximum absolute atomic E-state index is 11.9. The SMILES string of the molecule is CC(C)COC(=O)N1CCC(NC(C)c2cnn(C)c2)CC1. The van der Waals surface area contributed by atoms with E-state index in [4.69, 9.17) is 4.74 Å². The van der Waals surface area contributed by atoms with Crippen LogP contribution in [0, 0.1) is 5.92 Å². The summed E-state index contributed by atoms with van der Waals surface area (Å²) < 4.78 is 7.11. The molecule has 1 saturated heterocycles. The number of amides is 1. The van der Waals surface area contributed by atoms with E-state index in [0.29, 0.717) is 18.6 Å². The molecular formula is C16H28N4O2. The van der Waals surface area contributed by atoms with Crippen LogP contribution in [0.1, 0.15) is 45.2 Å². The number of carbonyl (C=O) groups is 1. The van der Waals surface area contributed by atoms with E-state index in [1.165, 1.54) is 5.56 Å². The summed E-state index contributed by atoms with van der Waals surface area (Å²) in [6.07, 6.45) is 5.68. The lowest BCUT2D eigenvalue weighted by atomic mass is 10.0. The van der Waals surface area contributed by atoms with Gasteiger partial charge in [-0.1, -0.05) is 13.8 Å². The van der Waals surface area contributed by atoms with Crippen LogP contribution < -0.4 is 5.32 Å². The van der Waals surface area contributed by atoms with E-state index < -0.39 is 0 Å². The standard InChI is InChI=1S/C16H28N4O2/c1-12(2)11-22-16(21)20-7-5-15(6-8-20)18-13(3)14-9-17-19(4)10-14/h9-10,12-13,15,18H,5-8,11H2,1-4H3. The predicted molar refractivity (Wildman–Crippen MR) is 85.5 cm³/mol. The minimum Gasteiger partial charge on any atom is -0.449 e. The lowest BCUT2D eigenvalue weighted by Gasteiger charge is -2.33. The lowest BCUT2D eigenvalue weighted by molar-refractivity contribution is 0.0812. The summed E-state index contributed by atoms with van der Waals surface area (Å²) in [4.78, 5) is 13.7. The summed E-state index contributed by atoms with van der Waals surface area (Å²) in [5.41, 5.74) is 1.20. The van der Waals surface area contributed by atoms with Crippen molar-refractivity contribution in [1.82, 2.24) is 20.0 Å². The van der Waals surface area contributed by atoms with E-state index >= 15 is 0 Å². The Balaban J connectivity index is 1.74. The van der Waals surface area contributed by atoms with Crippen LogP contribution in [0.4, 0.5) is 4.79 Å². The molecule has 0 aromatic carbocycles. The first-order valence-corrected chi connectivity index (χ1v) is 8.12. The fraction of sp³-hybridized carbons (Fsp3) is 0.750. The van der Waals surface area contributed by atoms with Gasteiger partial charge in [-0.15, -0.1) is 0 Å². The Morgan fingerprint density at radius 3 is 2.64 bits per heavy atom. The summed E-state index contributed by atoms with van der Waals surface area (Å²) in [6, 6.07) is 0.711. The normalized spacial score (nSPS) is 17.8. The van der Waals surface area contributed by atoms with Gasteiger partial charge >= 0.3 is 6.09 Å². The zero-order valence-electron chi connectivity index (χ0n) is 14.1. The molecule has 6 nitrogen and oxygen atoms in total. The van der Waals surface area contributed by atoms with Crippen molar-refractivity contribution in [1.29, 1.82) is 0 Å². The number of rotatable bonds is 5. The van der Waals surface area contributed by atoms with Crippen molar-refractivity contribution in [2.24, 2.45) is 13.0 Å². The Hall–Kier alpha value is -1.56. The number of aryl methyl sites for hydroxylation is 1. The van der Waals surface area contributed by atoms with Crippen molar-refractivity contribution in [2.45, 2.75) is 45.7 Å². The molecule has 124 valence electrons. The highest BCUT2D eigenvalue weighted by atomic mass is 16.6. The molecule has 0 radical (unpaired) electrons. The molecule has 1 unspecified atom stereocenters. The molecular weight excluding hydrogens is 280 g/mol. The number of piperidine rings is 1. The van der Waals surface area contributed by atoms with Gasteiger partial charge in [0.05, 0.1) is 12.8 Å². The fourth-order valence-electron chi connectivity index (χ4n) is 2.67. The van der Waals surface area contributed by atoms with Crippen molar-refractivity contribution in [3.8, 4) is 0 Å². The van der Waals surface area contributed by atoms with Crippen LogP contribution in [0.15, 0.2) is 12.4 Å². The Labute approximate surface area is 132 Å². The molecule has 22 heavy (non-hydrogen) atoms. The number of ether oxygens (including phenoxy) is 1. The highest BCUT2D eigenvalue weighted by Crippen LogP contribution is 2.17. The monoisotopic (exact) mass is 308 g/mol. The van der Waals surface area contributed by atoms with Crippen LogP contribution in [0.5, 0.6) is 0 Å². The number of likely N-dealkylation sites (tertiary alicyclic amines) is 1. The van der Waals surface area contributed by atoms with Crippen LogP contribution in [0.25, 0.3) is 0 Å². The van der Waals surface area contributed by atoms with Gasteiger partial charge in [-0.05, 0) is 25.7 Å². The van der Waals surface area contributed by atoms with Crippen molar-refractivity contribution in [3.05, 3.63) is 18.0 Å². The molecule has 0 bridgehead atoms. The molecule has 1 atom stereocenters. The highest BCUT2D eigenvalue weighted by Gasteiger charge is 2.25. The van der Waals surface area contributed by atoms with Crippen LogP contribution in [0.3, 0.4) is 0 Å². The molecule has 1 N–H and O–H groups in total. The zero-order chi connectivity index (χ0) is 16.1. The molecule has 1 aromatic heterocycles. The summed E-state index contributed by atoms with van der Waals surface area (Å²) in [5.74, 6) is 0.378. The zero-order valence-corrected chi connectivity index (χ0v) is 14.1. The van der Waals surface area contributed by atoms with Crippen molar-refractivity contribution in [2.75, 3.05) is 19.7 Å². The summed E-state index contributed by atoms with van der Waals surface area (Å²) in [6.45, 7) is 8.25. The third-order valence-corrected chi connectivity index (χ3v) is 4.00. The topological polar surface area (TPSA) is 59.4 Å². The van der Waals surface area contributed by atoms with E-state index in [-0.39, 0.29) is 12.1 Å². The summed E-state index contributed by atoms with van der Waals surface area (Å²) in [5, 5.41) is 7.83. The van der Waals surface area contributed by atoms with E-state index in [2.05, 4.69) is 17.3 Å². The number of hydrogen-bond donors (Lipinski definition) is 1. The van der Waals surface area contributed by atoms with Gasteiger partial charge in [0.1, 0.15) is 0 Å². The molecule has 0 spiro atoms. The Morgan fingerprint density at radius 1 is 1.41 bits per heavy atom. The molecule has 1 amide bonds. The predicted octanol–water partition coefficient (Wildman–Crippen LogP) is 2.33. The quantitative estimate of drug-likeness (QED) is 0.907. The second kappa shape index (κ2) is 7.63. The second-order valence-electron chi connectivity index (χ2n) is 6.57. The molecule has 2 rings (SSSR count). The van der Waals surface area contributed by atoms with E-state index in [1.54, 1.807) is 0 Å². The van der Waals surface area contributed by atoms with Gasteiger partial charge in [-0.2, -0.15) is 5.10 Å². The molecule has 1 aliphatic heterocycles. The van der Waals surface area contributed by atoms with Gasteiger partial charge in [0.15, 0.2) is 0 Å². The molecule has 1 fully saturated rings. The molecule has 2 heterocycles. The average Bonchev–Trinajstić information content (AvgIpc) is 2.92. The summed E-state index contributed by atoms with van der Waals surface area (Å²) >= 11 is 0. The van der Waals surface area contributed by atoms with Crippen molar-refractivity contribution in [3.63, 3.8) is 0 Å². The van der Waals surface area contributed by atoms with Crippen LogP contribution >= 0.6 is 0 Å². The number of hydrogen-bond acceptors (Lipinski definition) is 4. The number of aromatic nitrogens is 2. The highest BCUT2D eigenvalue weighted by molar-refractivity contribution is 5.67. The minimum atomic E-state index is -0.174. The van der Waals surface area contributed by atoms with Crippen LogP contribution in [0.2, 0.25) is 0 Å². The van der Waals surface area contributed by atoms with Gasteiger partial charge in [0, 0.05) is 44.0 Å². The van der Waals surface area contributed by atoms with Gasteiger partial charge in [-0.25, -0.2) is 4.79 Å². The Bertz CT molecular complexity index is 478. The number of nitrogens with zero attached hydrogens (tertiary/aromatic N) is 3. The minimum absolute atomic E-state index is 0.174. The van der Waals surface area contributed by atoms with E-state index in [1.807, 2.05) is 42.9 Å². The van der Waals surface area contributed by atoms with Gasteiger partial charge in [-0.3, -0.25) is 4.68 Å². The average molecular weight is 308 g/mol. The smallest absolute Gasteiger partial charge is 0.409 e. The van der Waals surface area contributed by atoms with Crippen molar-refractivity contribution < 1.29 is 9.53 Å². The molecule has 1 aromatic rings. The lowest BCUT2D eigenvalue weighted by Crippen LogP contribution is -2.45. The van der Waals surface area contributed by atoms with E-state index in [9.17, 15) is 4.79 Å². The fourth-order valence-corrected chi connectivity index (χ4v) is 2.67. The first-order valence-electron chi connectivity index (χ1n) is 8.12. The largest absolute Gasteiger partial charge is 0.449 e.